The van der Waals surface area contributed by atoms with Gasteiger partial charge in [0.2, 0.25) is 4.96 Å². The molecule has 0 aliphatic rings. The van der Waals surface area contributed by atoms with Gasteiger partial charge in [0.05, 0.1) is 5.02 Å². The number of fused-ring (bicyclic) bond motifs is 1. The summed E-state index contributed by atoms with van der Waals surface area (Å²) >= 11 is 13.7. The fourth-order valence-electron chi connectivity index (χ4n) is 2.06. The summed E-state index contributed by atoms with van der Waals surface area (Å²) in [6.07, 6.45) is 3.46. The Balaban J connectivity index is 1.90. The Labute approximate surface area is 139 Å². The molecule has 108 valence electrons. The summed E-state index contributed by atoms with van der Waals surface area (Å²) in [6.45, 7) is 0. The molecule has 3 heterocycles. The van der Waals surface area contributed by atoms with Crippen LogP contribution >= 0.6 is 34.5 Å². The maximum atomic E-state index is 6.24. The van der Waals surface area contributed by atoms with E-state index in [4.69, 9.17) is 23.2 Å². The van der Waals surface area contributed by atoms with E-state index in [9.17, 15) is 0 Å². The summed E-state index contributed by atoms with van der Waals surface area (Å²) in [5.41, 5.74) is 1.68. The largest absolute Gasteiger partial charge is 0.265 e. The van der Waals surface area contributed by atoms with E-state index in [0.717, 1.165) is 10.6 Å². The third kappa shape index (κ3) is 2.25. The van der Waals surface area contributed by atoms with Gasteiger partial charge in [0.25, 0.3) is 0 Å². The molecule has 0 saturated carbocycles. The van der Waals surface area contributed by atoms with E-state index >= 15 is 0 Å². The molecular formula is C14H7Cl2N5S. The van der Waals surface area contributed by atoms with Gasteiger partial charge >= 0.3 is 0 Å². The molecule has 4 rings (SSSR count). The highest BCUT2D eigenvalue weighted by Crippen LogP contribution is 2.32. The number of rotatable bonds is 2. The second-order valence-electron chi connectivity index (χ2n) is 4.49. The molecule has 0 radical (unpaired) electrons. The van der Waals surface area contributed by atoms with E-state index in [1.807, 2.05) is 12.1 Å². The lowest BCUT2D eigenvalue weighted by Gasteiger charge is -2.01. The number of benzene rings is 1. The average molecular weight is 348 g/mol. The van der Waals surface area contributed by atoms with E-state index in [1.165, 1.54) is 11.3 Å². The molecule has 0 aliphatic carbocycles. The van der Waals surface area contributed by atoms with Crippen molar-refractivity contribution in [1.82, 2.24) is 24.8 Å². The minimum Gasteiger partial charge on any atom is -0.265 e. The van der Waals surface area contributed by atoms with Crippen molar-refractivity contribution in [3.63, 3.8) is 0 Å². The number of hydrogen-bond acceptors (Lipinski definition) is 5. The van der Waals surface area contributed by atoms with Gasteiger partial charge in [0.1, 0.15) is 5.01 Å². The lowest BCUT2D eigenvalue weighted by molar-refractivity contribution is 0.970. The van der Waals surface area contributed by atoms with Crippen molar-refractivity contribution in [3.05, 3.63) is 52.8 Å². The van der Waals surface area contributed by atoms with Crippen molar-refractivity contribution in [3.8, 4) is 22.0 Å². The molecule has 4 aromatic rings. The summed E-state index contributed by atoms with van der Waals surface area (Å²) in [4.78, 5) is 4.70. The van der Waals surface area contributed by atoms with Crippen molar-refractivity contribution in [2.75, 3.05) is 0 Å². The normalized spacial score (nSPS) is 11.2. The van der Waals surface area contributed by atoms with Crippen LogP contribution in [-0.2, 0) is 0 Å². The number of hydrogen-bond donors (Lipinski definition) is 0. The first kappa shape index (κ1) is 13.6. The SMILES string of the molecule is Clc1ccc(Cl)c(-c2nnc3sc(-c4ccncc4)nn23)c1. The Hall–Kier alpha value is -2.02. The number of halogens is 2. The van der Waals surface area contributed by atoms with Crippen LogP contribution in [-0.4, -0.2) is 24.8 Å². The first-order valence-electron chi connectivity index (χ1n) is 6.30. The molecule has 5 nitrogen and oxygen atoms in total. The second-order valence-corrected chi connectivity index (χ2v) is 6.28. The minimum atomic E-state index is 0.553. The zero-order chi connectivity index (χ0) is 15.1. The zero-order valence-electron chi connectivity index (χ0n) is 10.9. The van der Waals surface area contributed by atoms with Crippen LogP contribution < -0.4 is 0 Å². The van der Waals surface area contributed by atoms with Crippen molar-refractivity contribution in [2.45, 2.75) is 0 Å². The summed E-state index contributed by atoms with van der Waals surface area (Å²) in [7, 11) is 0. The highest BCUT2D eigenvalue weighted by molar-refractivity contribution is 7.19. The molecule has 0 fully saturated rings. The highest BCUT2D eigenvalue weighted by Gasteiger charge is 2.16. The predicted molar refractivity (Wildman–Crippen MR) is 87.3 cm³/mol. The Bertz CT molecular complexity index is 964. The predicted octanol–water partition coefficient (Wildman–Crippen LogP) is 4.22. The first-order chi connectivity index (χ1) is 10.7. The fraction of sp³-hybridized carbons (Fsp3) is 0. The second kappa shape index (κ2) is 5.31. The monoisotopic (exact) mass is 347 g/mol. The van der Waals surface area contributed by atoms with E-state index < -0.39 is 0 Å². The topological polar surface area (TPSA) is 56.0 Å². The van der Waals surface area contributed by atoms with Crippen LogP contribution in [0, 0.1) is 0 Å². The Morgan fingerprint density at radius 3 is 2.64 bits per heavy atom. The summed E-state index contributed by atoms with van der Waals surface area (Å²) in [5.74, 6) is 0.569. The van der Waals surface area contributed by atoms with Gasteiger partial charge in [0, 0.05) is 28.5 Å². The van der Waals surface area contributed by atoms with Gasteiger partial charge in [0.15, 0.2) is 5.82 Å². The molecule has 0 saturated heterocycles. The van der Waals surface area contributed by atoms with Crippen LogP contribution in [0.3, 0.4) is 0 Å². The van der Waals surface area contributed by atoms with Crippen molar-refractivity contribution in [1.29, 1.82) is 0 Å². The lowest BCUT2D eigenvalue weighted by Crippen LogP contribution is -1.92. The smallest absolute Gasteiger partial charge is 0.235 e. The average Bonchev–Trinajstić information content (AvgIpc) is 3.11. The molecule has 22 heavy (non-hydrogen) atoms. The van der Waals surface area contributed by atoms with Crippen LogP contribution in [0.4, 0.5) is 0 Å². The molecule has 0 bridgehead atoms. The third-order valence-corrected chi connectivity index (χ3v) is 4.60. The summed E-state index contributed by atoms with van der Waals surface area (Å²) in [6, 6.07) is 9.02. The van der Waals surface area contributed by atoms with Gasteiger partial charge in [-0.15, -0.1) is 10.2 Å². The van der Waals surface area contributed by atoms with E-state index in [-0.39, 0.29) is 0 Å². The maximum absolute atomic E-state index is 6.24. The molecular weight excluding hydrogens is 341 g/mol. The van der Waals surface area contributed by atoms with Crippen LogP contribution in [0.15, 0.2) is 42.7 Å². The van der Waals surface area contributed by atoms with Crippen LogP contribution in [0.1, 0.15) is 0 Å². The van der Waals surface area contributed by atoms with Crippen LogP contribution in [0.2, 0.25) is 10.0 Å². The summed E-state index contributed by atoms with van der Waals surface area (Å²) in [5, 5.41) is 14.9. The molecule has 0 atom stereocenters. The quantitative estimate of drug-likeness (QED) is 0.544. The van der Waals surface area contributed by atoms with Gasteiger partial charge in [-0.05, 0) is 30.3 Å². The fourth-order valence-corrected chi connectivity index (χ4v) is 3.28. The Kier molecular flexibility index (Phi) is 3.29. The molecule has 0 amide bonds. The lowest BCUT2D eigenvalue weighted by atomic mass is 10.2. The van der Waals surface area contributed by atoms with Crippen molar-refractivity contribution >= 4 is 39.5 Å². The van der Waals surface area contributed by atoms with Gasteiger partial charge in [-0.25, -0.2) is 0 Å². The van der Waals surface area contributed by atoms with Gasteiger partial charge in [-0.1, -0.05) is 34.5 Å². The number of nitrogens with zero attached hydrogens (tertiary/aromatic N) is 5. The molecule has 3 aromatic heterocycles. The molecule has 0 unspecified atom stereocenters. The van der Waals surface area contributed by atoms with Gasteiger partial charge in [-0.3, -0.25) is 4.98 Å². The Morgan fingerprint density at radius 1 is 1.00 bits per heavy atom. The van der Waals surface area contributed by atoms with Gasteiger partial charge < -0.3 is 0 Å². The molecule has 8 heteroatoms. The van der Waals surface area contributed by atoms with Crippen molar-refractivity contribution < 1.29 is 0 Å². The maximum Gasteiger partial charge on any atom is 0.235 e. The Morgan fingerprint density at radius 2 is 1.82 bits per heavy atom. The van der Waals surface area contributed by atoms with E-state index in [0.29, 0.717) is 26.4 Å². The van der Waals surface area contributed by atoms with Gasteiger partial charge in [-0.2, -0.15) is 9.61 Å². The third-order valence-electron chi connectivity index (χ3n) is 3.09. The summed E-state index contributed by atoms with van der Waals surface area (Å²) < 4.78 is 1.68. The molecule has 0 aliphatic heterocycles. The molecule has 0 spiro atoms. The van der Waals surface area contributed by atoms with Crippen LogP contribution in [0.25, 0.3) is 26.9 Å². The zero-order valence-corrected chi connectivity index (χ0v) is 13.3. The first-order valence-corrected chi connectivity index (χ1v) is 7.88. The molecule has 0 N–H and O–H groups in total. The minimum absolute atomic E-state index is 0.553. The van der Waals surface area contributed by atoms with E-state index in [2.05, 4.69) is 20.3 Å². The van der Waals surface area contributed by atoms with Crippen molar-refractivity contribution in [2.24, 2.45) is 0 Å². The van der Waals surface area contributed by atoms with Crippen LogP contribution in [0.5, 0.6) is 0 Å². The number of pyridine rings is 1. The standard InChI is InChI=1S/C14H7Cl2N5S/c15-9-1-2-11(16)10(7-9)12-18-19-14-21(12)20-13(22-14)8-3-5-17-6-4-8/h1-7H. The van der Waals surface area contributed by atoms with E-state index in [1.54, 1.807) is 35.1 Å². The number of aromatic nitrogens is 5. The highest BCUT2D eigenvalue weighted by atomic mass is 35.5. The molecule has 1 aromatic carbocycles.